The van der Waals surface area contributed by atoms with Crippen LogP contribution in [0.15, 0.2) is 40.8 Å². The van der Waals surface area contributed by atoms with Crippen molar-refractivity contribution in [3.05, 3.63) is 46.3 Å². The minimum atomic E-state index is 0.0526. The summed E-state index contributed by atoms with van der Waals surface area (Å²) in [5, 5.41) is 9.20. The first-order valence-corrected chi connectivity index (χ1v) is 11.1. The molecule has 5 nitrogen and oxygen atoms in total. The molecule has 0 atom stereocenters. The highest BCUT2D eigenvalue weighted by Crippen LogP contribution is 2.27. The molecule has 3 heterocycles. The van der Waals surface area contributed by atoms with Crippen LogP contribution >= 0.6 is 11.3 Å². The molecule has 6 heteroatoms. The molecule has 0 bridgehead atoms. The van der Waals surface area contributed by atoms with Gasteiger partial charge in [-0.25, -0.2) is 4.98 Å². The van der Waals surface area contributed by atoms with Crippen LogP contribution in [0.3, 0.4) is 0 Å². The molecule has 0 aromatic carbocycles. The number of nitrogens with zero attached hydrogens (tertiary/aromatic N) is 3. The van der Waals surface area contributed by atoms with Gasteiger partial charge in [-0.15, -0.1) is 11.3 Å². The molecule has 0 aliphatic carbocycles. The molecule has 1 aliphatic heterocycles. The van der Waals surface area contributed by atoms with Gasteiger partial charge in [-0.2, -0.15) is 0 Å². The van der Waals surface area contributed by atoms with Crippen LogP contribution in [0.25, 0.3) is 0 Å². The molecule has 1 aliphatic rings. The van der Waals surface area contributed by atoms with Gasteiger partial charge in [-0.1, -0.05) is 26.0 Å². The molecule has 2 aromatic heterocycles. The first-order valence-electron chi connectivity index (χ1n) is 10.2. The summed E-state index contributed by atoms with van der Waals surface area (Å²) in [6.45, 7) is 12.4. The van der Waals surface area contributed by atoms with E-state index in [0.717, 1.165) is 50.8 Å². The summed E-state index contributed by atoms with van der Waals surface area (Å²) in [6, 6.07) is 9.03. The summed E-state index contributed by atoms with van der Waals surface area (Å²) in [7, 11) is 0. The summed E-state index contributed by atoms with van der Waals surface area (Å²) in [4.78, 5) is 13.2. The number of guanidine groups is 1. The monoisotopic (exact) mass is 399 g/mol. The molecule has 2 N–H and O–H groups in total. The molecule has 3 rings (SSSR count). The van der Waals surface area contributed by atoms with Gasteiger partial charge in [0, 0.05) is 42.2 Å². The number of aliphatic imine (C=N–C) groups is 1. The Labute approximate surface area is 173 Å². The van der Waals surface area contributed by atoms with Crippen LogP contribution in [0.5, 0.6) is 0 Å². The van der Waals surface area contributed by atoms with Crippen LogP contribution in [-0.2, 0) is 5.41 Å². The van der Waals surface area contributed by atoms with Crippen LogP contribution in [0.4, 0.5) is 5.82 Å². The van der Waals surface area contributed by atoms with Gasteiger partial charge in [0.25, 0.3) is 0 Å². The number of piperidine rings is 1. The molecule has 1 fully saturated rings. The Balaban J connectivity index is 1.55. The Morgan fingerprint density at radius 3 is 2.68 bits per heavy atom. The molecule has 0 radical (unpaired) electrons. The maximum atomic E-state index is 4.90. The fraction of sp³-hybridized carbons (Fsp3) is 0.545. The number of rotatable bonds is 6. The molecule has 1 saturated heterocycles. The number of aryl methyl sites for hydroxylation is 1. The largest absolute Gasteiger partial charge is 0.357 e. The third-order valence-corrected chi connectivity index (χ3v) is 6.46. The molecule has 0 amide bonds. The summed E-state index contributed by atoms with van der Waals surface area (Å²) < 4.78 is 0. The van der Waals surface area contributed by atoms with Crippen molar-refractivity contribution in [2.45, 2.75) is 52.0 Å². The Kier molecular flexibility index (Phi) is 6.94. The Morgan fingerprint density at radius 1 is 1.29 bits per heavy atom. The predicted octanol–water partition coefficient (Wildman–Crippen LogP) is 3.95. The third-order valence-electron chi connectivity index (χ3n) is 5.22. The normalized spacial score (nSPS) is 16.3. The van der Waals surface area contributed by atoms with Gasteiger partial charge in [0.15, 0.2) is 5.96 Å². The van der Waals surface area contributed by atoms with Crippen LogP contribution in [0, 0.1) is 6.92 Å². The highest BCUT2D eigenvalue weighted by atomic mass is 32.1. The average molecular weight is 400 g/mol. The van der Waals surface area contributed by atoms with Crippen LogP contribution in [0.1, 0.15) is 44.1 Å². The van der Waals surface area contributed by atoms with Gasteiger partial charge in [0.05, 0.1) is 6.54 Å². The molecular formula is C22H33N5S. The van der Waals surface area contributed by atoms with E-state index in [9.17, 15) is 0 Å². The molecule has 152 valence electrons. The maximum absolute atomic E-state index is 4.90. The molecule has 0 saturated carbocycles. The van der Waals surface area contributed by atoms with Gasteiger partial charge in [-0.3, -0.25) is 4.99 Å². The van der Waals surface area contributed by atoms with E-state index in [1.165, 1.54) is 10.4 Å². The van der Waals surface area contributed by atoms with Crippen LogP contribution < -0.4 is 15.5 Å². The van der Waals surface area contributed by atoms with Gasteiger partial charge in [-0.05, 0) is 49.8 Å². The highest BCUT2D eigenvalue weighted by Gasteiger charge is 2.23. The molecular weight excluding hydrogens is 366 g/mol. The smallest absolute Gasteiger partial charge is 0.191 e. The lowest BCUT2D eigenvalue weighted by atomic mass is 9.92. The molecule has 2 aromatic rings. The number of anilines is 1. The second-order valence-electron chi connectivity index (χ2n) is 8.16. The van der Waals surface area contributed by atoms with Crippen molar-refractivity contribution < 1.29 is 0 Å². The zero-order chi connectivity index (χ0) is 20.0. The van der Waals surface area contributed by atoms with Gasteiger partial charge >= 0.3 is 0 Å². The molecule has 0 unspecified atom stereocenters. The lowest BCUT2D eigenvalue weighted by Gasteiger charge is -2.34. The zero-order valence-corrected chi connectivity index (χ0v) is 18.4. The van der Waals surface area contributed by atoms with Crippen LogP contribution in [-0.4, -0.2) is 43.2 Å². The van der Waals surface area contributed by atoms with Crippen molar-refractivity contribution in [1.29, 1.82) is 0 Å². The Hall–Kier alpha value is -2.08. The Morgan fingerprint density at radius 2 is 2.07 bits per heavy atom. The fourth-order valence-corrected chi connectivity index (χ4v) is 4.28. The van der Waals surface area contributed by atoms with E-state index in [1.807, 2.05) is 17.5 Å². The molecule has 0 spiro atoms. The van der Waals surface area contributed by atoms with Crippen molar-refractivity contribution in [2.24, 2.45) is 4.99 Å². The number of hydrogen-bond donors (Lipinski definition) is 2. The van der Waals surface area contributed by atoms with Crippen molar-refractivity contribution >= 4 is 23.1 Å². The standard InChI is InChI=1S/C22H33N5S/c1-5-23-21(25-16-22(3,4)19-7-6-14-28-19)26-18-10-12-27(13-11-18)20-9-8-17(2)15-24-20/h6-9,14-15,18H,5,10-13,16H2,1-4H3,(H2,23,25,26). The summed E-state index contributed by atoms with van der Waals surface area (Å²) in [5.74, 6) is 2.02. The highest BCUT2D eigenvalue weighted by molar-refractivity contribution is 7.10. The van der Waals surface area contributed by atoms with Crippen molar-refractivity contribution in [3.8, 4) is 0 Å². The number of nitrogens with one attached hydrogen (secondary N) is 2. The number of pyridine rings is 1. The van der Waals surface area contributed by atoms with E-state index in [2.05, 4.69) is 77.9 Å². The van der Waals surface area contributed by atoms with Gasteiger partial charge in [0.1, 0.15) is 5.82 Å². The van der Waals surface area contributed by atoms with Crippen molar-refractivity contribution in [3.63, 3.8) is 0 Å². The third kappa shape index (κ3) is 5.47. The Bertz CT molecular complexity index is 744. The van der Waals surface area contributed by atoms with E-state index in [0.29, 0.717) is 6.04 Å². The van der Waals surface area contributed by atoms with Gasteiger partial charge in [0.2, 0.25) is 0 Å². The summed E-state index contributed by atoms with van der Waals surface area (Å²) >= 11 is 1.81. The van der Waals surface area contributed by atoms with Crippen LogP contribution in [0.2, 0.25) is 0 Å². The lowest BCUT2D eigenvalue weighted by molar-refractivity contribution is 0.458. The number of aromatic nitrogens is 1. The average Bonchev–Trinajstić information content (AvgIpc) is 3.24. The first-order chi connectivity index (χ1) is 13.5. The van der Waals surface area contributed by atoms with Crippen molar-refractivity contribution in [2.75, 3.05) is 31.1 Å². The minimum absolute atomic E-state index is 0.0526. The lowest BCUT2D eigenvalue weighted by Crippen LogP contribution is -2.49. The quantitative estimate of drug-likeness (QED) is 0.570. The van der Waals surface area contributed by atoms with Gasteiger partial charge < -0.3 is 15.5 Å². The maximum Gasteiger partial charge on any atom is 0.191 e. The topological polar surface area (TPSA) is 52.6 Å². The minimum Gasteiger partial charge on any atom is -0.357 e. The zero-order valence-electron chi connectivity index (χ0n) is 17.5. The SMILES string of the molecule is CCNC(=NCC(C)(C)c1cccs1)NC1CCN(c2ccc(C)cn2)CC1. The second kappa shape index (κ2) is 9.41. The summed E-state index contributed by atoms with van der Waals surface area (Å²) in [6.07, 6.45) is 4.13. The summed E-state index contributed by atoms with van der Waals surface area (Å²) in [5.41, 5.74) is 1.26. The van der Waals surface area contributed by atoms with E-state index in [-0.39, 0.29) is 5.41 Å². The van der Waals surface area contributed by atoms with E-state index in [1.54, 1.807) is 0 Å². The molecule has 28 heavy (non-hydrogen) atoms. The van der Waals surface area contributed by atoms with E-state index >= 15 is 0 Å². The predicted molar refractivity (Wildman–Crippen MR) is 121 cm³/mol. The van der Waals surface area contributed by atoms with Crippen molar-refractivity contribution in [1.82, 2.24) is 15.6 Å². The van der Waals surface area contributed by atoms with E-state index in [4.69, 9.17) is 4.99 Å². The fourth-order valence-electron chi connectivity index (χ4n) is 3.43. The second-order valence-corrected chi connectivity index (χ2v) is 9.10. The number of hydrogen-bond acceptors (Lipinski definition) is 4. The first kappa shape index (κ1) is 20.6. The van der Waals surface area contributed by atoms with E-state index < -0.39 is 0 Å². The number of thiophene rings is 1.